The molecule has 0 unspecified atom stereocenters. The van der Waals surface area contributed by atoms with Crippen LogP contribution in [0.3, 0.4) is 0 Å². The summed E-state index contributed by atoms with van der Waals surface area (Å²) in [5, 5.41) is 3.62. The Kier molecular flexibility index (Phi) is 3.75. The third-order valence-electron chi connectivity index (χ3n) is 4.82. The minimum atomic E-state index is -0.349. The monoisotopic (exact) mass is 407 g/mol. The van der Waals surface area contributed by atoms with Gasteiger partial charge >= 0.3 is 0 Å². The highest BCUT2D eigenvalue weighted by Gasteiger charge is 2.12. The van der Waals surface area contributed by atoms with E-state index < -0.39 is 0 Å². The molecule has 0 fully saturated rings. The number of nitrogens with zero attached hydrogens (tertiary/aromatic N) is 1. The number of rotatable bonds is 0. The van der Waals surface area contributed by atoms with Gasteiger partial charge in [-0.25, -0.2) is 4.98 Å². The van der Waals surface area contributed by atoms with Gasteiger partial charge in [-0.2, -0.15) is 0 Å². The first-order valence-corrected chi connectivity index (χ1v) is 9.21. The number of aromatic nitrogens is 3. The molecule has 0 aliphatic heterocycles. The summed E-state index contributed by atoms with van der Waals surface area (Å²) in [7, 11) is 0. The number of pyridine rings is 1. The lowest BCUT2D eigenvalue weighted by molar-refractivity contribution is 1.33. The zero-order valence-electron chi connectivity index (χ0n) is 14.2. The van der Waals surface area contributed by atoms with Gasteiger partial charge in [0.1, 0.15) is 5.65 Å². The maximum absolute atomic E-state index is 13.5. The van der Waals surface area contributed by atoms with Crippen molar-refractivity contribution in [2.24, 2.45) is 0 Å². The van der Waals surface area contributed by atoms with Crippen molar-refractivity contribution in [3.8, 4) is 0 Å². The molecule has 0 atom stereocenters. The maximum atomic E-state index is 13.5. The van der Waals surface area contributed by atoms with Gasteiger partial charge in [-0.3, -0.25) is 9.59 Å². The molecular formula is C21H11Cl2N3O2. The van der Waals surface area contributed by atoms with Crippen LogP contribution in [0.2, 0.25) is 10.0 Å². The molecule has 2 N–H and O–H groups in total. The fourth-order valence-corrected chi connectivity index (χ4v) is 3.92. The van der Waals surface area contributed by atoms with Crippen LogP contribution < -0.4 is 11.0 Å². The number of hydrogen-bond donors (Lipinski definition) is 2. The molecule has 7 heteroatoms. The number of hydrogen-bond acceptors (Lipinski definition) is 3. The zero-order valence-corrected chi connectivity index (χ0v) is 15.7. The number of H-pyrrole nitrogens is 2. The number of benzene rings is 2. The van der Waals surface area contributed by atoms with Gasteiger partial charge in [-0.05, 0) is 41.1 Å². The lowest BCUT2D eigenvalue weighted by Gasteiger charge is -1.99. The van der Waals surface area contributed by atoms with E-state index in [4.69, 9.17) is 23.2 Å². The molecule has 136 valence electrons. The van der Waals surface area contributed by atoms with Crippen LogP contribution in [-0.4, -0.2) is 15.0 Å². The molecule has 3 heterocycles. The Morgan fingerprint density at radius 3 is 2.57 bits per heavy atom. The van der Waals surface area contributed by atoms with E-state index in [1.807, 2.05) is 12.1 Å². The molecule has 0 aliphatic rings. The van der Waals surface area contributed by atoms with Crippen molar-refractivity contribution in [3.05, 3.63) is 85.5 Å². The van der Waals surface area contributed by atoms with E-state index in [9.17, 15) is 9.59 Å². The predicted molar refractivity (Wildman–Crippen MR) is 114 cm³/mol. The average molecular weight is 408 g/mol. The van der Waals surface area contributed by atoms with Crippen molar-refractivity contribution in [1.82, 2.24) is 15.0 Å². The van der Waals surface area contributed by atoms with E-state index in [0.717, 1.165) is 10.8 Å². The molecule has 5 nitrogen and oxygen atoms in total. The molecular weight excluding hydrogens is 397 g/mol. The van der Waals surface area contributed by atoms with Crippen LogP contribution >= 0.6 is 23.2 Å². The Labute approximate surface area is 167 Å². The standard InChI is InChI=1S/C21H11Cl2N3O2/c22-14-4-5-15-17(18(14)23)19(27)13-9-25-20-16(13)12(6-7-24-20)10-2-1-3-11(8-10)21(28)26-15/h1-9H,(H,24,25)(H,26,28). The number of fused-ring (bicyclic) bond motifs is 4. The predicted octanol–water partition coefficient (Wildman–Crippen LogP) is 4.94. The lowest BCUT2D eigenvalue weighted by atomic mass is 10.1. The van der Waals surface area contributed by atoms with Crippen LogP contribution in [0.15, 0.2) is 64.4 Å². The molecule has 0 amide bonds. The molecule has 0 saturated heterocycles. The summed E-state index contributed by atoms with van der Waals surface area (Å²) in [5.74, 6) is 0. The van der Waals surface area contributed by atoms with Crippen molar-refractivity contribution >= 4 is 66.7 Å². The van der Waals surface area contributed by atoms with Gasteiger partial charge in [0, 0.05) is 23.2 Å². The highest BCUT2D eigenvalue weighted by Crippen LogP contribution is 2.29. The number of halogens is 2. The SMILES string of the molecule is O=c1[nH]c2ccc(Cl)c(Cl)c2c(=O)c2c[nH]c3nccc(c4cccc1c4)c32. The average Bonchev–Trinajstić information content (AvgIpc) is 3.14. The minimum Gasteiger partial charge on any atom is -0.345 e. The molecule has 0 aliphatic carbocycles. The molecule has 0 saturated carbocycles. The highest BCUT2D eigenvalue weighted by atomic mass is 35.5. The zero-order chi connectivity index (χ0) is 19.4. The molecule has 5 rings (SSSR count). The second-order valence-electron chi connectivity index (χ2n) is 6.43. The molecule has 2 aromatic carbocycles. The smallest absolute Gasteiger partial charge is 0.255 e. The molecule has 0 spiro atoms. The third-order valence-corrected chi connectivity index (χ3v) is 5.63. The summed E-state index contributed by atoms with van der Waals surface area (Å²) in [6, 6.07) is 12.1. The Balaban J connectivity index is 2.27. The summed E-state index contributed by atoms with van der Waals surface area (Å²) in [6.07, 6.45) is 3.26. The van der Waals surface area contributed by atoms with Gasteiger partial charge in [0.25, 0.3) is 5.56 Å². The van der Waals surface area contributed by atoms with E-state index in [-0.39, 0.29) is 26.4 Å². The van der Waals surface area contributed by atoms with Gasteiger partial charge in [0.2, 0.25) is 0 Å². The van der Waals surface area contributed by atoms with Crippen LogP contribution in [0.25, 0.3) is 43.5 Å². The first-order chi connectivity index (χ1) is 13.5. The van der Waals surface area contributed by atoms with Crippen molar-refractivity contribution in [2.75, 3.05) is 0 Å². The lowest BCUT2D eigenvalue weighted by Crippen LogP contribution is -2.05. The molecule has 0 radical (unpaired) electrons. The van der Waals surface area contributed by atoms with Gasteiger partial charge < -0.3 is 9.97 Å². The van der Waals surface area contributed by atoms with Gasteiger partial charge in [-0.15, -0.1) is 0 Å². The van der Waals surface area contributed by atoms with Crippen LogP contribution in [-0.2, 0) is 0 Å². The van der Waals surface area contributed by atoms with Crippen molar-refractivity contribution in [3.63, 3.8) is 0 Å². The summed E-state index contributed by atoms with van der Waals surface area (Å²) in [5.41, 5.74) is 0.187. The molecule has 2 bridgehead atoms. The third kappa shape index (κ3) is 2.44. The fourth-order valence-electron chi connectivity index (χ4n) is 3.51. The number of nitrogens with one attached hydrogen (secondary N) is 2. The Morgan fingerprint density at radius 2 is 1.71 bits per heavy atom. The second kappa shape index (κ2) is 6.19. The van der Waals surface area contributed by atoms with Crippen molar-refractivity contribution in [1.29, 1.82) is 0 Å². The van der Waals surface area contributed by atoms with Gasteiger partial charge in [-0.1, -0.05) is 35.3 Å². The Hall–Kier alpha value is -3.15. The Bertz CT molecular complexity index is 1590. The first kappa shape index (κ1) is 17.0. The van der Waals surface area contributed by atoms with E-state index in [0.29, 0.717) is 27.3 Å². The van der Waals surface area contributed by atoms with Crippen LogP contribution in [0.1, 0.15) is 0 Å². The van der Waals surface area contributed by atoms with E-state index >= 15 is 0 Å². The van der Waals surface area contributed by atoms with Gasteiger partial charge in [0.15, 0.2) is 5.43 Å². The summed E-state index contributed by atoms with van der Waals surface area (Å²) < 4.78 is 0. The summed E-state index contributed by atoms with van der Waals surface area (Å²) >= 11 is 12.5. The van der Waals surface area contributed by atoms with Crippen LogP contribution in [0.5, 0.6) is 0 Å². The summed E-state index contributed by atoms with van der Waals surface area (Å²) in [6.45, 7) is 0. The molecule has 3 aromatic heterocycles. The van der Waals surface area contributed by atoms with E-state index in [2.05, 4.69) is 15.0 Å². The fraction of sp³-hybridized carbons (Fsp3) is 0. The van der Waals surface area contributed by atoms with Crippen LogP contribution in [0, 0.1) is 0 Å². The van der Waals surface area contributed by atoms with Crippen molar-refractivity contribution < 1.29 is 0 Å². The normalized spacial score (nSPS) is 11.5. The number of aromatic amines is 2. The van der Waals surface area contributed by atoms with Crippen molar-refractivity contribution in [2.45, 2.75) is 0 Å². The first-order valence-electron chi connectivity index (χ1n) is 8.45. The maximum Gasteiger partial charge on any atom is 0.255 e. The van der Waals surface area contributed by atoms with E-state index in [1.165, 1.54) is 0 Å². The van der Waals surface area contributed by atoms with Crippen LogP contribution in [0.4, 0.5) is 0 Å². The minimum absolute atomic E-state index is 0.0928. The Morgan fingerprint density at radius 1 is 0.893 bits per heavy atom. The largest absolute Gasteiger partial charge is 0.345 e. The van der Waals surface area contributed by atoms with Gasteiger partial charge in [0.05, 0.1) is 26.3 Å². The highest BCUT2D eigenvalue weighted by molar-refractivity contribution is 6.45. The molecule has 5 aromatic rings. The quantitative estimate of drug-likeness (QED) is 0.381. The summed E-state index contributed by atoms with van der Waals surface area (Å²) in [4.78, 5) is 36.5. The second-order valence-corrected chi connectivity index (χ2v) is 7.22. The van der Waals surface area contributed by atoms with E-state index in [1.54, 1.807) is 42.7 Å². The topological polar surface area (TPSA) is 78.6 Å². The molecule has 28 heavy (non-hydrogen) atoms.